The maximum atomic E-state index is 11.7. The van der Waals surface area contributed by atoms with Gasteiger partial charge in [0.25, 0.3) is 0 Å². The molecule has 0 bridgehead atoms. The van der Waals surface area contributed by atoms with Crippen LogP contribution in [0.25, 0.3) is 5.57 Å². The molecule has 0 saturated carbocycles. The van der Waals surface area contributed by atoms with Gasteiger partial charge in [-0.25, -0.2) is 0 Å². The van der Waals surface area contributed by atoms with Crippen LogP contribution in [0.15, 0.2) is 24.3 Å². The predicted molar refractivity (Wildman–Crippen MR) is 88.3 cm³/mol. The van der Waals surface area contributed by atoms with E-state index in [2.05, 4.69) is 11.4 Å². The quantitative estimate of drug-likeness (QED) is 0.784. The summed E-state index contributed by atoms with van der Waals surface area (Å²) in [4.78, 5) is 13.5. The Bertz CT molecular complexity index is 553. The van der Waals surface area contributed by atoms with Crippen molar-refractivity contribution < 1.29 is 4.79 Å². The number of nitrogens with two attached hydrogens (primary N) is 2. The molecule has 1 amide bonds. The zero-order valence-corrected chi connectivity index (χ0v) is 12.7. The van der Waals surface area contributed by atoms with Gasteiger partial charge in [0, 0.05) is 49.5 Å². The van der Waals surface area contributed by atoms with E-state index < -0.39 is 0 Å². The Balaban J connectivity index is 2.42. The Morgan fingerprint density at radius 3 is 2.90 bits per heavy atom. The fourth-order valence-electron chi connectivity index (χ4n) is 2.67. The fraction of sp³-hybridized carbons (Fsp3) is 0.438. The maximum absolute atomic E-state index is 11.7. The Kier molecular flexibility index (Phi) is 4.98. The van der Waals surface area contributed by atoms with Crippen LogP contribution >= 0.6 is 0 Å². The van der Waals surface area contributed by atoms with Gasteiger partial charge in [-0.05, 0) is 37.1 Å². The molecule has 1 aliphatic heterocycles. The molecule has 0 spiro atoms. The molecule has 1 atom stereocenters. The van der Waals surface area contributed by atoms with E-state index in [0.717, 1.165) is 29.9 Å². The number of carbonyl (C=O) groups excluding carboxylic acids is 1. The molecule has 1 aliphatic rings. The van der Waals surface area contributed by atoms with E-state index in [4.69, 9.17) is 11.5 Å². The third-order valence-corrected chi connectivity index (χ3v) is 3.75. The SMILES string of the molecule is CCN(C(C)=O)c1ccc2c(c1)/C(=C/C(N)CN)CCN2. The summed E-state index contributed by atoms with van der Waals surface area (Å²) < 4.78 is 0. The lowest BCUT2D eigenvalue weighted by molar-refractivity contribution is -0.116. The topological polar surface area (TPSA) is 84.4 Å². The van der Waals surface area contributed by atoms with E-state index in [0.29, 0.717) is 13.1 Å². The summed E-state index contributed by atoms with van der Waals surface area (Å²) in [5.74, 6) is 0.0467. The van der Waals surface area contributed by atoms with Crippen LogP contribution in [-0.2, 0) is 4.79 Å². The van der Waals surface area contributed by atoms with Crippen LogP contribution in [0.4, 0.5) is 11.4 Å². The first-order chi connectivity index (χ1) is 10.1. The van der Waals surface area contributed by atoms with Crippen molar-refractivity contribution in [2.45, 2.75) is 26.3 Å². The Morgan fingerprint density at radius 2 is 2.29 bits per heavy atom. The van der Waals surface area contributed by atoms with Crippen LogP contribution in [0, 0.1) is 0 Å². The molecule has 5 nitrogen and oxygen atoms in total. The van der Waals surface area contributed by atoms with E-state index in [1.807, 2.05) is 25.1 Å². The zero-order chi connectivity index (χ0) is 15.4. The van der Waals surface area contributed by atoms with Gasteiger partial charge in [-0.1, -0.05) is 6.08 Å². The number of carbonyl (C=O) groups is 1. The average molecular weight is 288 g/mol. The fourth-order valence-corrected chi connectivity index (χ4v) is 2.67. The summed E-state index contributed by atoms with van der Waals surface area (Å²) in [5.41, 5.74) is 15.9. The first kappa shape index (κ1) is 15.5. The number of hydrogen-bond donors (Lipinski definition) is 3. The molecule has 1 aromatic rings. The summed E-state index contributed by atoms with van der Waals surface area (Å²) in [6.45, 7) is 5.53. The molecule has 1 aromatic carbocycles. The second-order valence-corrected chi connectivity index (χ2v) is 5.26. The van der Waals surface area contributed by atoms with Gasteiger partial charge in [-0.2, -0.15) is 0 Å². The van der Waals surface area contributed by atoms with Gasteiger partial charge in [0.15, 0.2) is 0 Å². The lowest BCUT2D eigenvalue weighted by Gasteiger charge is -2.25. The minimum Gasteiger partial charge on any atom is -0.384 e. The number of fused-ring (bicyclic) bond motifs is 1. The molecule has 0 aromatic heterocycles. The standard InChI is InChI=1S/C16H24N4O/c1-3-20(11(2)21)14-4-5-16-15(9-14)12(6-7-19-16)8-13(18)10-17/h4-5,8-9,13,19H,3,6-7,10,17-18H2,1-2H3/b12-8+. The number of amides is 1. The molecule has 2 rings (SSSR count). The molecule has 0 aliphatic carbocycles. The minimum absolute atomic E-state index is 0.0467. The van der Waals surface area contributed by atoms with Gasteiger partial charge >= 0.3 is 0 Å². The number of rotatable bonds is 4. The smallest absolute Gasteiger partial charge is 0.223 e. The molecule has 0 saturated heterocycles. The predicted octanol–water partition coefficient (Wildman–Crippen LogP) is 1.54. The Morgan fingerprint density at radius 1 is 1.52 bits per heavy atom. The monoisotopic (exact) mass is 288 g/mol. The molecule has 5 N–H and O–H groups in total. The summed E-state index contributed by atoms with van der Waals surface area (Å²) in [7, 11) is 0. The molecule has 114 valence electrons. The van der Waals surface area contributed by atoms with Crippen LogP contribution < -0.4 is 21.7 Å². The van der Waals surface area contributed by atoms with Crippen molar-refractivity contribution >= 4 is 22.9 Å². The molecule has 0 fully saturated rings. The molecule has 1 unspecified atom stereocenters. The van der Waals surface area contributed by atoms with Gasteiger partial charge < -0.3 is 21.7 Å². The van der Waals surface area contributed by atoms with Crippen LogP contribution in [0.1, 0.15) is 25.8 Å². The Hall–Kier alpha value is -1.85. The summed E-state index contributed by atoms with van der Waals surface area (Å²) in [5, 5.41) is 3.38. The largest absolute Gasteiger partial charge is 0.384 e. The normalized spacial score (nSPS) is 17.0. The minimum atomic E-state index is -0.135. The van der Waals surface area contributed by atoms with Gasteiger partial charge in [-0.3, -0.25) is 4.79 Å². The zero-order valence-electron chi connectivity index (χ0n) is 12.7. The molecule has 1 heterocycles. The molecular formula is C16H24N4O. The average Bonchev–Trinajstić information content (AvgIpc) is 2.48. The van der Waals surface area contributed by atoms with E-state index in [1.54, 1.807) is 11.8 Å². The lowest BCUT2D eigenvalue weighted by atomic mass is 9.94. The van der Waals surface area contributed by atoms with E-state index in [9.17, 15) is 4.79 Å². The molecule has 21 heavy (non-hydrogen) atoms. The molecular weight excluding hydrogens is 264 g/mol. The van der Waals surface area contributed by atoms with Crippen LogP contribution in [0.2, 0.25) is 0 Å². The number of nitrogens with zero attached hydrogens (tertiary/aromatic N) is 1. The second-order valence-electron chi connectivity index (χ2n) is 5.26. The van der Waals surface area contributed by atoms with E-state index in [1.165, 1.54) is 5.57 Å². The summed E-state index contributed by atoms with van der Waals surface area (Å²) in [6.07, 6.45) is 2.95. The van der Waals surface area contributed by atoms with Crippen LogP contribution in [-0.4, -0.2) is 31.6 Å². The first-order valence-corrected chi connectivity index (χ1v) is 7.39. The third-order valence-electron chi connectivity index (χ3n) is 3.75. The van der Waals surface area contributed by atoms with Gasteiger partial charge in [0.05, 0.1) is 0 Å². The number of benzene rings is 1. The van der Waals surface area contributed by atoms with Gasteiger partial charge in [0.1, 0.15) is 0 Å². The van der Waals surface area contributed by atoms with Crippen molar-refractivity contribution in [1.29, 1.82) is 0 Å². The van der Waals surface area contributed by atoms with Crippen molar-refractivity contribution in [3.8, 4) is 0 Å². The van der Waals surface area contributed by atoms with Crippen molar-refractivity contribution in [2.24, 2.45) is 11.5 Å². The highest BCUT2D eigenvalue weighted by atomic mass is 16.2. The molecule has 5 heteroatoms. The van der Waals surface area contributed by atoms with Crippen molar-refractivity contribution in [1.82, 2.24) is 0 Å². The molecule has 0 radical (unpaired) electrons. The summed E-state index contributed by atoms with van der Waals surface area (Å²) in [6, 6.07) is 5.92. The van der Waals surface area contributed by atoms with Crippen molar-refractivity contribution in [2.75, 3.05) is 29.9 Å². The van der Waals surface area contributed by atoms with E-state index >= 15 is 0 Å². The van der Waals surface area contributed by atoms with Crippen molar-refractivity contribution in [3.63, 3.8) is 0 Å². The van der Waals surface area contributed by atoms with E-state index in [-0.39, 0.29) is 11.9 Å². The van der Waals surface area contributed by atoms with Crippen LogP contribution in [0.3, 0.4) is 0 Å². The Labute approximate surface area is 126 Å². The highest BCUT2D eigenvalue weighted by Gasteiger charge is 2.17. The first-order valence-electron chi connectivity index (χ1n) is 7.39. The summed E-state index contributed by atoms with van der Waals surface area (Å²) >= 11 is 0. The highest BCUT2D eigenvalue weighted by Crippen LogP contribution is 2.34. The number of hydrogen-bond acceptors (Lipinski definition) is 4. The van der Waals surface area contributed by atoms with Gasteiger partial charge in [0.2, 0.25) is 5.91 Å². The number of nitrogens with one attached hydrogen (secondary N) is 1. The maximum Gasteiger partial charge on any atom is 0.223 e. The van der Waals surface area contributed by atoms with Gasteiger partial charge in [-0.15, -0.1) is 0 Å². The van der Waals surface area contributed by atoms with Crippen molar-refractivity contribution in [3.05, 3.63) is 29.8 Å². The third kappa shape index (κ3) is 3.43. The highest BCUT2D eigenvalue weighted by molar-refractivity contribution is 5.93. The number of anilines is 2. The van der Waals surface area contributed by atoms with Crippen LogP contribution in [0.5, 0.6) is 0 Å². The lowest BCUT2D eigenvalue weighted by Crippen LogP contribution is -2.29. The second kappa shape index (κ2) is 6.74.